The van der Waals surface area contributed by atoms with Gasteiger partial charge < -0.3 is 26.3 Å². The number of nitrogen functional groups attached to an aromatic ring is 1. The molecule has 4 rings (SSSR count). The van der Waals surface area contributed by atoms with Crippen LogP contribution in [0.2, 0.25) is 0 Å². The molecule has 0 saturated carbocycles. The third kappa shape index (κ3) is 5.27. The molecule has 0 bridgehead atoms. The molecule has 0 aliphatic carbocycles. The SMILES string of the molecule is CNCCN(C)c1ccc([C@@H](C)Nc2ncc(N)c(-c3c[nH]c4ncc(C(F)(F)F)cc34)n2)cn1. The zero-order valence-electron chi connectivity index (χ0n) is 19.5. The molecule has 4 aromatic heterocycles. The number of alkyl halides is 3. The number of pyridine rings is 2. The predicted octanol–water partition coefficient (Wildman–Crippen LogP) is 3.84. The summed E-state index contributed by atoms with van der Waals surface area (Å²) in [6.45, 7) is 3.61. The number of aromatic nitrogens is 5. The summed E-state index contributed by atoms with van der Waals surface area (Å²) in [5.41, 5.74) is 7.41. The summed E-state index contributed by atoms with van der Waals surface area (Å²) in [7, 11) is 3.88. The van der Waals surface area contributed by atoms with E-state index in [0.717, 1.165) is 36.7 Å². The Bertz CT molecular complexity index is 1300. The first kappa shape index (κ1) is 24.2. The molecule has 4 heterocycles. The van der Waals surface area contributed by atoms with E-state index in [0.29, 0.717) is 16.9 Å². The summed E-state index contributed by atoms with van der Waals surface area (Å²) < 4.78 is 39.6. The van der Waals surface area contributed by atoms with Crippen molar-refractivity contribution in [2.45, 2.75) is 19.1 Å². The molecule has 12 heteroatoms. The molecule has 0 aromatic carbocycles. The first-order valence-electron chi connectivity index (χ1n) is 10.9. The van der Waals surface area contributed by atoms with Crippen molar-refractivity contribution in [3.8, 4) is 11.3 Å². The van der Waals surface area contributed by atoms with Crippen LogP contribution >= 0.6 is 0 Å². The number of nitrogens with one attached hydrogen (secondary N) is 3. The molecule has 0 fully saturated rings. The van der Waals surface area contributed by atoms with Gasteiger partial charge in [0.25, 0.3) is 0 Å². The third-order valence-corrected chi connectivity index (χ3v) is 5.64. The van der Waals surface area contributed by atoms with Crippen molar-refractivity contribution in [1.29, 1.82) is 0 Å². The van der Waals surface area contributed by atoms with Gasteiger partial charge in [-0.2, -0.15) is 13.2 Å². The highest BCUT2D eigenvalue weighted by molar-refractivity contribution is 5.95. The number of hydrogen-bond donors (Lipinski definition) is 4. The Morgan fingerprint density at radius 3 is 2.63 bits per heavy atom. The Morgan fingerprint density at radius 2 is 1.94 bits per heavy atom. The Morgan fingerprint density at radius 1 is 1.14 bits per heavy atom. The molecule has 0 saturated heterocycles. The summed E-state index contributed by atoms with van der Waals surface area (Å²) in [5.74, 6) is 1.14. The molecular weight excluding hydrogens is 459 g/mol. The molecule has 0 radical (unpaired) electrons. The van der Waals surface area contributed by atoms with Crippen molar-refractivity contribution < 1.29 is 13.2 Å². The molecule has 0 aliphatic heterocycles. The summed E-state index contributed by atoms with van der Waals surface area (Å²) in [6.07, 6.45) is 1.02. The Balaban J connectivity index is 1.57. The lowest BCUT2D eigenvalue weighted by Gasteiger charge is -2.19. The maximum absolute atomic E-state index is 13.2. The number of hydrogen-bond acceptors (Lipinski definition) is 8. The van der Waals surface area contributed by atoms with Gasteiger partial charge in [0, 0.05) is 49.7 Å². The van der Waals surface area contributed by atoms with Crippen LogP contribution in [0.5, 0.6) is 0 Å². The molecule has 9 nitrogen and oxygen atoms in total. The molecule has 4 aromatic rings. The van der Waals surface area contributed by atoms with Gasteiger partial charge in [0.2, 0.25) is 5.95 Å². The van der Waals surface area contributed by atoms with E-state index in [4.69, 9.17) is 5.73 Å². The van der Waals surface area contributed by atoms with Gasteiger partial charge in [-0.15, -0.1) is 0 Å². The molecule has 1 atom stereocenters. The minimum Gasteiger partial charge on any atom is -0.396 e. The minimum absolute atomic E-state index is 0.183. The quantitative estimate of drug-likeness (QED) is 0.297. The smallest absolute Gasteiger partial charge is 0.396 e. The molecule has 0 unspecified atom stereocenters. The van der Waals surface area contributed by atoms with E-state index >= 15 is 0 Å². The van der Waals surface area contributed by atoms with Gasteiger partial charge in [0.05, 0.1) is 23.5 Å². The van der Waals surface area contributed by atoms with E-state index in [2.05, 4.69) is 35.6 Å². The van der Waals surface area contributed by atoms with Gasteiger partial charge >= 0.3 is 6.18 Å². The number of halogens is 3. The number of rotatable bonds is 8. The van der Waals surface area contributed by atoms with E-state index in [1.165, 1.54) is 12.4 Å². The standard InChI is InChI=1S/C23H26F3N9/c1-13(14-4-5-19(29-9-14)35(3)7-6-28-2)33-22-32-12-18(27)20(34-22)17-11-31-21-16(17)8-15(10-30-21)23(24,25)26/h4-5,8-13,28H,6-7,27H2,1-3H3,(H,30,31)(H,32,33,34)/t13-/m1/s1. The molecule has 0 aliphatic rings. The fraction of sp³-hybridized carbons (Fsp3) is 0.304. The highest BCUT2D eigenvalue weighted by Gasteiger charge is 2.31. The highest BCUT2D eigenvalue weighted by atomic mass is 19.4. The van der Waals surface area contributed by atoms with Gasteiger partial charge in [0.1, 0.15) is 17.2 Å². The van der Waals surface area contributed by atoms with Crippen LogP contribution < -0.4 is 21.3 Å². The van der Waals surface area contributed by atoms with E-state index in [1.807, 2.05) is 38.1 Å². The summed E-state index contributed by atoms with van der Waals surface area (Å²) >= 11 is 0. The van der Waals surface area contributed by atoms with E-state index < -0.39 is 11.7 Å². The van der Waals surface area contributed by atoms with Gasteiger partial charge in [-0.05, 0) is 31.7 Å². The lowest BCUT2D eigenvalue weighted by molar-refractivity contribution is -0.137. The van der Waals surface area contributed by atoms with Crippen molar-refractivity contribution >= 4 is 28.5 Å². The van der Waals surface area contributed by atoms with Gasteiger partial charge in [-0.3, -0.25) is 0 Å². The lowest BCUT2D eigenvalue weighted by atomic mass is 10.1. The van der Waals surface area contributed by atoms with Crippen molar-refractivity contribution in [2.75, 3.05) is 43.1 Å². The van der Waals surface area contributed by atoms with Crippen LogP contribution in [0.1, 0.15) is 24.1 Å². The second kappa shape index (κ2) is 9.74. The Labute approximate surface area is 200 Å². The maximum Gasteiger partial charge on any atom is 0.417 e. The fourth-order valence-electron chi connectivity index (χ4n) is 3.58. The first-order chi connectivity index (χ1) is 16.7. The number of nitrogens with two attached hydrogens (primary N) is 1. The second-order valence-corrected chi connectivity index (χ2v) is 8.16. The number of anilines is 3. The number of H-pyrrole nitrogens is 1. The van der Waals surface area contributed by atoms with Gasteiger partial charge in [0.15, 0.2) is 0 Å². The Hall–Kier alpha value is -3.93. The molecule has 5 N–H and O–H groups in total. The van der Waals surface area contributed by atoms with Gasteiger partial charge in [-0.1, -0.05) is 6.07 Å². The topological polar surface area (TPSA) is 121 Å². The van der Waals surface area contributed by atoms with E-state index in [-0.39, 0.29) is 23.1 Å². The van der Waals surface area contributed by atoms with Crippen LogP contribution in [0.25, 0.3) is 22.3 Å². The molecule has 0 amide bonds. The molecule has 0 spiro atoms. The van der Waals surface area contributed by atoms with Crippen LogP contribution in [0.15, 0.2) is 43.0 Å². The van der Waals surface area contributed by atoms with Crippen LogP contribution in [0, 0.1) is 0 Å². The predicted molar refractivity (Wildman–Crippen MR) is 130 cm³/mol. The van der Waals surface area contributed by atoms with E-state index in [1.54, 1.807) is 6.20 Å². The maximum atomic E-state index is 13.2. The number of likely N-dealkylation sites (N-methyl/N-ethyl adjacent to an activating group) is 2. The number of aromatic amines is 1. The normalized spacial score (nSPS) is 12.6. The number of fused-ring (bicyclic) bond motifs is 1. The lowest BCUT2D eigenvalue weighted by Crippen LogP contribution is -2.27. The van der Waals surface area contributed by atoms with Crippen molar-refractivity contribution in [1.82, 2.24) is 30.2 Å². The monoisotopic (exact) mass is 485 g/mol. The highest BCUT2D eigenvalue weighted by Crippen LogP contribution is 2.35. The summed E-state index contributed by atoms with van der Waals surface area (Å²) in [4.78, 5) is 22.1. The third-order valence-electron chi connectivity index (χ3n) is 5.64. The molecular formula is C23H26F3N9. The zero-order valence-corrected chi connectivity index (χ0v) is 19.5. The largest absolute Gasteiger partial charge is 0.417 e. The first-order valence-corrected chi connectivity index (χ1v) is 10.9. The average molecular weight is 486 g/mol. The minimum atomic E-state index is -4.51. The summed E-state index contributed by atoms with van der Waals surface area (Å²) in [5, 5.41) is 6.58. The second-order valence-electron chi connectivity index (χ2n) is 8.16. The van der Waals surface area contributed by atoms with Crippen molar-refractivity contribution in [2.24, 2.45) is 0 Å². The van der Waals surface area contributed by atoms with Gasteiger partial charge in [-0.25, -0.2) is 19.9 Å². The fourth-order valence-corrected chi connectivity index (χ4v) is 3.58. The summed E-state index contributed by atoms with van der Waals surface area (Å²) in [6, 6.07) is 4.76. The van der Waals surface area contributed by atoms with Crippen molar-refractivity contribution in [3.63, 3.8) is 0 Å². The van der Waals surface area contributed by atoms with E-state index in [9.17, 15) is 13.2 Å². The average Bonchev–Trinajstić information content (AvgIpc) is 3.26. The van der Waals surface area contributed by atoms with Crippen LogP contribution in [0.3, 0.4) is 0 Å². The van der Waals surface area contributed by atoms with Crippen LogP contribution in [-0.2, 0) is 6.18 Å². The molecule has 184 valence electrons. The van der Waals surface area contributed by atoms with Crippen LogP contribution in [-0.4, -0.2) is 52.1 Å². The molecule has 35 heavy (non-hydrogen) atoms. The Kier molecular flexibility index (Phi) is 6.74. The number of nitrogens with zero attached hydrogens (tertiary/aromatic N) is 5. The van der Waals surface area contributed by atoms with Crippen molar-refractivity contribution in [3.05, 3.63) is 54.1 Å². The zero-order chi connectivity index (χ0) is 25.2. The van der Waals surface area contributed by atoms with Crippen LogP contribution in [0.4, 0.5) is 30.6 Å².